The molecule has 0 radical (unpaired) electrons. The van der Waals surface area contributed by atoms with Gasteiger partial charge in [-0.15, -0.1) is 0 Å². The monoisotopic (exact) mass is 316 g/mol. The van der Waals surface area contributed by atoms with Crippen molar-refractivity contribution in [3.8, 4) is 6.07 Å². The highest BCUT2D eigenvalue weighted by atomic mass is 16.2. The number of benzene rings is 1. The summed E-state index contributed by atoms with van der Waals surface area (Å²) in [5.41, 5.74) is 1.47. The molecule has 0 bridgehead atoms. The van der Waals surface area contributed by atoms with Crippen LogP contribution in [0.2, 0.25) is 0 Å². The fourth-order valence-electron chi connectivity index (χ4n) is 2.14. The Kier molecular flexibility index (Phi) is 6.59. The second kappa shape index (κ2) is 7.98. The molecule has 5 heteroatoms. The highest BCUT2D eigenvalue weighted by Gasteiger charge is 2.30. The maximum Gasteiger partial charge on any atom is 0.235 e. The molecule has 1 N–H and O–H groups in total. The maximum absolute atomic E-state index is 12.2. The van der Waals surface area contributed by atoms with E-state index in [1.807, 2.05) is 39.9 Å². The number of carbonyl (C=O) groups excluding carboxylic acids is 1. The van der Waals surface area contributed by atoms with E-state index in [2.05, 4.69) is 40.6 Å². The van der Waals surface area contributed by atoms with Gasteiger partial charge in [-0.3, -0.25) is 9.69 Å². The summed E-state index contributed by atoms with van der Waals surface area (Å²) in [5, 5.41) is 12.1. The molecule has 0 aliphatic rings. The first-order chi connectivity index (χ1) is 10.7. The fourth-order valence-corrected chi connectivity index (χ4v) is 2.14. The summed E-state index contributed by atoms with van der Waals surface area (Å²) < 4.78 is 0. The maximum atomic E-state index is 12.2. The zero-order valence-electron chi connectivity index (χ0n) is 15.1. The van der Waals surface area contributed by atoms with Crippen LogP contribution in [0.3, 0.4) is 0 Å². The van der Waals surface area contributed by atoms with Gasteiger partial charge in [-0.2, -0.15) is 5.26 Å². The summed E-state index contributed by atoms with van der Waals surface area (Å²) in [5.74, 6) is -0.0736. The Morgan fingerprint density at radius 3 is 2.26 bits per heavy atom. The first-order valence-electron chi connectivity index (χ1n) is 7.85. The van der Waals surface area contributed by atoms with E-state index in [1.54, 1.807) is 6.92 Å². The van der Waals surface area contributed by atoms with Gasteiger partial charge in [0.15, 0.2) is 0 Å². The highest BCUT2D eigenvalue weighted by molar-refractivity contribution is 5.79. The molecular formula is C18H28N4O. The normalized spacial score (nSPS) is 13.5. The third-order valence-corrected chi connectivity index (χ3v) is 4.10. The summed E-state index contributed by atoms with van der Waals surface area (Å²) in [4.78, 5) is 16.1. The van der Waals surface area contributed by atoms with Gasteiger partial charge in [0.25, 0.3) is 0 Å². The molecule has 1 aromatic carbocycles. The van der Waals surface area contributed by atoms with Gasteiger partial charge in [0, 0.05) is 26.3 Å². The lowest BCUT2D eigenvalue weighted by Crippen LogP contribution is -2.51. The molecule has 0 saturated carbocycles. The largest absolute Gasteiger partial charge is 0.378 e. The van der Waals surface area contributed by atoms with Gasteiger partial charge in [0.1, 0.15) is 5.54 Å². The molecular weight excluding hydrogens is 288 g/mol. The number of anilines is 1. The number of likely N-dealkylation sites (N-methyl/N-ethyl adjacent to an activating group) is 1. The van der Waals surface area contributed by atoms with E-state index in [1.165, 1.54) is 0 Å². The Hall–Kier alpha value is -2.06. The van der Waals surface area contributed by atoms with Crippen LogP contribution >= 0.6 is 0 Å². The van der Waals surface area contributed by atoms with E-state index >= 15 is 0 Å². The number of amides is 1. The van der Waals surface area contributed by atoms with Gasteiger partial charge < -0.3 is 10.2 Å². The van der Waals surface area contributed by atoms with Crippen LogP contribution in [-0.2, 0) is 11.3 Å². The van der Waals surface area contributed by atoms with E-state index in [-0.39, 0.29) is 18.4 Å². The molecule has 1 rings (SSSR count). The minimum absolute atomic E-state index is 0.0559. The first-order valence-corrected chi connectivity index (χ1v) is 7.85. The van der Waals surface area contributed by atoms with Crippen molar-refractivity contribution >= 4 is 11.6 Å². The lowest BCUT2D eigenvalue weighted by Gasteiger charge is -2.28. The van der Waals surface area contributed by atoms with E-state index < -0.39 is 5.54 Å². The number of nitrogens with zero attached hydrogens (tertiary/aromatic N) is 3. The molecule has 0 fully saturated rings. The SMILES string of the molecule is CC(C)[C@](C)(C#N)NC(=O)CN(C)Cc1ccc(N(C)C)cc1. The molecule has 1 amide bonds. The van der Waals surface area contributed by atoms with E-state index in [0.717, 1.165) is 11.3 Å². The van der Waals surface area contributed by atoms with Gasteiger partial charge in [0.05, 0.1) is 12.6 Å². The number of hydrogen-bond acceptors (Lipinski definition) is 4. The molecule has 0 spiro atoms. The van der Waals surface area contributed by atoms with E-state index in [9.17, 15) is 10.1 Å². The van der Waals surface area contributed by atoms with Crippen LogP contribution in [0.15, 0.2) is 24.3 Å². The highest BCUT2D eigenvalue weighted by Crippen LogP contribution is 2.15. The molecule has 0 heterocycles. The van der Waals surface area contributed by atoms with Crippen molar-refractivity contribution in [2.45, 2.75) is 32.9 Å². The van der Waals surface area contributed by atoms with Crippen LogP contribution < -0.4 is 10.2 Å². The van der Waals surface area contributed by atoms with E-state index in [0.29, 0.717) is 6.54 Å². The van der Waals surface area contributed by atoms with Crippen LogP contribution in [0.5, 0.6) is 0 Å². The van der Waals surface area contributed by atoms with Gasteiger partial charge in [-0.05, 0) is 37.6 Å². The molecule has 1 atom stereocenters. The second-order valence-electron chi connectivity index (χ2n) is 6.75. The Labute approximate surface area is 139 Å². The zero-order valence-corrected chi connectivity index (χ0v) is 15.1. The minimum Gasteiger partial charge on any atom is -0.378 e. The quantitative estimate of drug-likeness (QED) is 0.838. The lowest BCUT2D eigenvalue weighted by atomic mass is 9.90. The number of rotatable bonds is 7. The van der Waals surface area contributed by atoms with Crippen LogP contribution in [0.4, 0.5) is 5.69 Å². The number of nitriles is 1. The molecule has 126 valence electrons. The van der Waals surface area contributed by atoms with Crippen molar-refractivity contribution < 1.29 is 4.79 Å². The summed E-state index contributed by atoms with van der Waals surface area (Å²) in [7, 11) is 5.91. The topological polar surface area (TPSA) is 59.4 Å². The average molecular weight is 316 g/mol. The average Bonchev–Trinajstić information content (AvgIpc) is 2.46. The van der Waals surface area contributed by atoms with Crippen molar-refractivity contribution in [3.05, 3.63) is 29.8 Å². The Balaban J connectivity index is 2.58. The number of carbonyl (C=O) groups is 1. The molecule has 5 nitrogen and oxygen atoms in total. The summed E-state index contributed by atoms with van der Waals surface area (Å²) in [6.45, 7) is 6.57. The van der Waals surface area contributed by atoms with Gasteiger partial charge in [-0.1, -0.05) is 26.0 Å². The molecule has 0 unspecified atom stereocenters. The number of hydrogen-bond donors (Lipinski definition) is 1. The summed E-state index contributed by atoms with van der Waals surface area (Å²) >= 11 is 0. The lowest BCUT2D eigenvalue weighted by molar-refractivity contribution is -0.123. The fraction of sp³-hybridized carbons (Fsp3) is 0.556. The standard InChI is InChI=1S/C18H28N4O/c1-14(2)18(3,13-19)20-17(23)12-22(6)11-15-7-9-16(10-8-15)21(4)5/h7-10,14H,11-12H2,1-6H3,(H,20,23)/t18-/m0/s1. The molecule has 0 aromatic heterocycles. The predicted octanol–water partition coefficient (Wildman–Crippen LogP) is 2.24. The van der Waals surface area contributed by atoms with E-state index in [4.69, 9.17) is 0 Å². The van der Waals surface area contributed by atoms with Crippen molar-refractivity contribution in [2.24, 2.45) is 5.92 Å². The van der Waals surface area contributed by atoms with Gasteiger partial charge >= 0.3 is 0 Å². The first kappa shape index (κ1) is 19.0. The van der Waals surface area contributed by atoms with Gasteiger partial charge in [-0.25, -0.2) is 0 Å². The van der Waals surface area contributed by atoms with Crippen LogP contribution in [-0.4, -0.2) is 44.0 Å². The second-order valence-corrected chi connectivity index (χ2v) is 6.75. The minimum atomic E-state index is -0.828. The third kappa shape index (κ3) is 5.57. The van der Waals surface area contributed by atoms with Crippen molar-refractivity contribution in [3.63, 3.8) is 0 Å². The molecule has 0 aliphatic carbocycles. The molecule has 0 aliphatic heterocycles. The molecule has 23 heavy (non-hydrogen) atoms. The van der Waals surface area contributed by atoms with Crippen molar-refractivity contribution in [1.29, 1.82) is 5.26 Å². The Morgan fingerprint density at radius 1 is 1.26 bits per heavy atom. The number of nitrogens with one attached hydrogen (secondary N) is 1. The van der Waals surface area contributed by atoms with Crippen LogP contribution in [0, 0.1) is 17.2 Å². The van der Waals surface area contributed by atoms with Crippen molar-refractivity contribution in [2.75, 3.05) is 32.6 Å². The predicted molar refractivity (Wildman–Crippen MR) is 94.1 cm³/mol. The Morgan fingerprint density at radius 2 is 1.83 bits per heavy atom. The zero-order chi connectivity index (χ0) is 17.6. The van der Waals surface area contributed by atoms with Crippen molar-refractivity contribution in [1.82, 2.24) is 10.2 Å². The smallest absolute Gasteiger partial charge is 0.235 e. The Bertz CT molecular complexity index is 559. The molecule has 0 saturated heterocycles. The van der Waals surface area contributed by atoms with Crippen LogP contribution in [0.1, 0.15) is 26.3 Å². The third-order valence-electron chi connectivity index (χ3n) is 4.10. The van der Waals surface area contributed by atoms with Crippen LogP contribution in [0.25, 0.3) is 0 Å². The molecule has 1 aromatic rings. The van der Waals surface area contributed by atoms with Gasteiger partial charge in [0.2, 0.25) is 5.91 Å². The summed E-state index contributed by atoms with van der Waals surface area (Å²) in [6, 6.07) is 10.5. The summed E-state index contributed by atoms with van der Waals surface area (Å²) in [6.07, 6.45) is 0.